The van der Waals surface area contributed by atoms with Crippen molar-refractivity contribution in [2.75, 3.05) is 119 Å². The number of hydrogen-bond acceptors (Lipinski definition) is 14. The molecule has 2 aromatic rings. The molecule has 20 heteroatoms. The third-order valence-electron chi connectivity index (χ3n) is 8.30. The van der Waals surface area contributed by atoms with Crippen molar-refractivity contribution in [2.24, 2.45) is 5.73 Å². The molecule has 0 unspecified atom stereocenters. The molecule has 0 aromatic heterocycles. The third-order valence-corrected chi connectivity index (χ3v) is 10.3. The maximum absolute atomic E-state index is 12.8. The number of nitrogens with zero attached hydrogens (tertiary/aromatic N) is 1. The van der Waals surface area contributed by atoms with Gasteiger partial charge in [-0.25, -0.2) is 13.1 Å². The average molecular weight is 853 g/mol. The molecule has 17 nitrogen and oxygen atoms in total. The van der Waals surface area contributed by atoms with E-state index < -0.39 is 34.0 Å². The zero-order valence-electron chi connectivity index (χ0n) is 31.6. The van der Waals surface area contributed by atoms with E-state index >= 15 is 0 Å². The second-order valence-corrected chi connectivity index (χ2v) is 15.2. The monoisotopic (exact) mass is 851 g/mol. The number of rotatable bonds is 29. The minimum absolute atomic E-state index is 0.00284. The van der Waals surface area contributed by atoms with Crippen molar-refractivity contribution >= 4 is 45.0 Å². The van der Waals surface area contributed by atoms with Crippen molar-refractivity contribution in [2.45, 2.75) is 29.6 Å². The van der Waals surface area contributed by atoms with Crippen LogP contribution in [0, 0.1) is 0 Å². The van der Waals surface area contributed by atoms with E-state index in [1.807, 2.05) is 25.2 Å². The van der Waals surface area contributed by atoms with Crippen molar-refractivity contribution in [3.8, 4) is 0 Å². The Morgan fingerprint density at radius 1 is 0.768 bits per heavy atom. The van der Waals surface area contributed by atoms with Crippen molar-refractivity contribution in [3.63, 3.8) is 0 Å². The molecular weight excluding hydrogens is 797 g/mol. The number of ether oxygens (including phenoxy) is 6. The lowest BCUT2D eigenvalue weighted by Crippen LogP contribution is -2.50. The summed E-state index contributed by atoms with van der Waals surface area (Å²) >= 11 is 12.8. The normalized spacial score (nSPS) is 15.6. The number of hydrogen-bond donors (Lipinski definition) is 6. The van der Waals surface area contributed by atoms with E-state index in [2.05, 4.69) is 20.3 Å². The van der Waals surface area contributed by atoms with E-state index in [0.717, 1.165) is 23.2 Å². The predicted octanol–water partition coefficient (Wildman–Crippen LogP) is -0.138. The lowest BCUT2D eigenvalue weighted by molar-refractivity contribution is -0.146. The van der Waals surface area contributed by atoms with Crippen LogP contribution in [0.5, 0.6) is 0 Å². The van der Waals surface area contributed by atoms with Crippen LogP contribution in [0.1, 0.15) is 22.6 Å². The first-order valence-electron chi connectivity index (χ1n) is 18.3. The minimum Gasteiger partial charge on any atom is -0.380 e. The molecule has 1 aliphatic heterocycles. The van der Waals surface area contributed by atoms with Crippen molar-refractivity contribution in [1.29, 1.82) is 0 Å². The molecule has 2 aromatic carbocycles. The van der Waals surface area contributed by atoms with Gasteiger partial charge in [-0.2, -0.15) is 0 Å². The van der Waals surface area contributed by atoms with Gasteiger partial charge in [0.05, 0.1) is 84.2 Å². The number of sulfonamides is 1. The highest BCUT2D eigenvalue weighted by Crippen LogP contribution is 2.38. The molecule has 316 valence electrons. The fourth-order valence-electron chi connectivity index (χ4n) is 5.50. The Kier molecular flexibility index (Phi) is 22.6. The van der Waals surface area contributed by atoms with Crippen molar-refractivity contribution in [3.05, 3.63) is 63.1 Å². The predicted molar refractivity (Wildman–Crippen MR) is 208 cm³/mol. The Balaban J connectivity index is 1.17. The topological polar surface area (TPSA) is 229 Å². The highest BCUT2D eigenvalue weighted by molar-refractivity contribution is 7.89. The number of fused-ring (bicyclic) bond motifs is 1. The number of aliphatic hydroxyl groups is 2. The number of halogens is 2. The average Bonchev–Trinajstić information content (AvgIpc) is 3.18. The maximum atomic E-state index is 12.8. The minimum atomic E-state index is -3.75. The van der Waals surface area contributed by atoms with Gasteiger partial charge in [0.25, 0.3) is 11.8 Å². The van der Waals surface area contributed by atoms with E-state index in [0.29, 0.717) is 56.2 Å². The van der Waals surface area contributed by atoms with Crippen LogP contribution >= 0.6 is 23.2 Å². The van der Waals surface area contributed by atoms with Gasteiger partial charge in [0.15, 0.2) is 12.2 Å². The summed E-state index contributed by atoms with van der Waals surface area (Å²) in [5.41, 5.74) is 8.34. The van der Waals surface area contributed by atoms with Crippen LogP contribution in [0.2, 0.25) is 10.0 Å². The summed E-state index contributed by atoms with van der Waals surface area (Å²) < 4.78 is 60.2. The number of amides is 2. The number of aliphatic hydroxyl groups excluding tert-OH is 2. The maximum Gasteiger partial charge on any atom is 0.252 e. The highest BCUT2D eigenvalue weighted by Gasteiger charge is 2.30. The van der Waals surface area contributed by atoms with Crippen LogP contribution < -0.4 is 21.1 Å². The molecule has 0 saturated heterocycles. The molecule has 1 heterocycles. The molecule has 0 saturated carbocycles. The van der Waals surface area contributed by atoms with Gasteiger partial charge in [-0.1, -0.05) is 35.3 Å². The molecule has 0 bridgehead atoms. The second-order valence-electron chi connectivity index (χ2n) is 12.6. The number of carbonyl (C=O) groups excluding carboxylic acids is 2. The van der Waals surface area contributed by atoms with Gasteiger partial charge >= 0.3 is 0 Å². The Morgan fingerprint density at radius 2 is 1.23 bits per heavy atom. The molecule has 0 aliphatic carbocycles. The first kappa shape index (κ1) is 47.8. The summed E-state index contributed by atoms with van der Waals surface area (Å²) in [5.74, 6) is -1.85. The van der Waals surface area contributed by atoms with Gasteiger partial charge in [0.2, 0.25) is 10.0 Å². The van der Waals surface area contributed by atoms with E-state index in [1.165, 1.54) is 0 Å². The largest absolute Gasteiger partial charge is 0.380 e. The second kappa shape index (κ2) is 26.5. The van der Waals surface area contributed by atoms with E-state index in [-0.39, 0.29) is 76.7 Å². The van der Waals surface area contributed by atoms with Crippen LogP contribution in [-0.2, 0) is 54.6 Å². The molecule has 7 N–H and O–H groups in total. The Bertz CT molecular complexity index is 1580. The number of benzene rings is 2. The summed E-state index contributed by atoms with van der Waals surface area (Å²) in [4.78, 5) is 26.4. The quantitative estimate of drug-likeness (QED) is 0.0586. The molecule has 56 heavy (non-hydrogen) atoms. The molecule has 0 radical (unpaired) electrons. The zero-order chi connectivity index (χ0) is 40.8. The van der Waals surface area contributed by atoms with Crippen molar-refractivity contribution < 1.29 is 56.6 Å². The van der Waals surface area contributed by atoms with Crippen LogP contribution in [0.3, 0.4) is 0 Å². The van der Waals surface area contributed by atoms with Crippen LogP contribution in [0.25, 0.3) is 0 Å². The standard InChI is InChI=1S/C36H55Cl2N5O12S/c1-43-24-30(29-22-27(37)23-32(38)31(29)25-43)26-2-4-28(5-3-26)56(48,49)42-9-13-53-17-21-55-20-16-52-12-8-41-36(47)34(45)33(44)35(46)40-7-11-51-15-19-54-18-14-50-10-6-39/h2-5,22-23,30,33-34,42,44-45H,6-21,24-25,39H2,1H3,(H,40,46)(H,41,47)/t30-,33+,34+/m0/s1. The summed E-state index contributed by atoms with van der Waals surface area (Å²) in [7, 11) is -1.73. The molecule has 3 rings (SSSR count). The molecule has 0 spiro atoms. The summed E-state index contributed by atoms with van der Waals surface area (Å²) in [6, 6.07) is 10.5. The summed E-state index contributed by atoms with van der Waals surface area (Å²) in [6.45, 7) is 5.34. The van der Waals surface area contributed by atoms with E-state index in [9.17, 15) is 28.2 Å². The van der Waals surface area contributed by atoms with Crippen LogP contribution in [0.15, 0.2) is 41.3 Å². The molecule has 2 amide bonds. The summed E-state index contributed by atoms with van der Waals surface area (Å²) in [6.07, 6.45) is -3.93. The zero-order valence-corrected chi connectivity index (χ0v) is 33.9. The van der Waals surface area contributed by atoms with E-state index in [4.69, 9.17) is 57.4 Å². The van der Waals surface area contributed by atoms with E-state index in [1.54, 1.807) is 18.2 Å². The van der Waals surface area contributed by atoms with Crippen LogP contribution in [0.4, 0.5) is 0 Å². The fourth-order valence-corrected chi connectivity index (χ4v) is 7.08. The number of likely N-dealkylation sites (N-methyl/N-ethyl adjacent to an activating group) is 1. The Hall–Kier alpha value is -2.53. The fraction of sp³-hybridized carbons (Fsp3) is 0.611. The lowest BCUT2D eigenvalue weighted by Gasteiger charge is -2.33. The first-order valence-corrected chi connectivity index (χ1v) is 20.5. The van der Waals surface area contributed by atoms with Gasteiger partial charge in [-0.15, -0.1) is 0 Å². The highest BCUT2D eigenvalue weighted by atomic mass is 35.5. The Morgan fingerprint density at radius 3 is 1.73 bits per heavy atom. The third kappa shape index (κ3) is 17.1. The number of nitrogens with two attached hydrogens (primary N) is 1. The van der Waals surface area contributed by atoms with Gasteiger partial charge in [0.1, 0.15) is 0 Å². The molecule has 0 fully saturated rings. The molecule has 3 atom stereocenters. The smallest absolute Gasteiger partial charge is 0.252 e. The first-order chi connectivity index (χ1) is 26.9. The van der Waals surface area contributed by atoms with Gasteiger partial charge in [0, 0.05) is 55.2 Å². The van der Waals surface area contributed by atoms with Crippen molar-refractivity contribution in [1.82, 2.24) is 20.3 Å². The van der Waals surface area contributed by atoms with Gasteiger partial charge in [-0.3, -0.25) is 9.59 Å². The van der Waals surface area contributed by atoms with Crippen LogP contribution in [-0.4, -0.2) is 167 Å². The lowest BCUT2D eigenvalue weighted by atomic mass is 9.85. The SMILES string of the molecule is CN1Cc2c(Cl)cc(Cl)cc2[C@H](c2ccc(S(=O)(=O)NCCOCCOCCOCCNC(=O)[C@H](O)[C@@H](O)C(=O)NCCOCCOCCOCCN)cc2)C1. The molecule has 1 aliphatic rings. The van der Waals surface area contributed by atoms with Gasteiger partial charge < -0.3 is 59.9 Å². The molecular formula is C36H55Cl2N5O12S. The summed E-state index contributed by atoms with van der Waals surface area (Å²) in [5, 5.41) is 25.9. The number of nitrogens with one attached hydrogen (secondary N) is 3. The Labute approximate surface area is 338 Å². The van der Waals surface area contributed by atoms with Gasteiger partial charge in [-0.05, 0) is 48.0 Å². The number of carbonyl (C=O) groups is 2.